The van der Waals surface area contributed by atoms with Crippen molar-refractivity contribution in [1.82, 2.24) is 4.90 Å². The Morgan fingerprint density at radius 2 is 2.00 bits per heavy atom. The summed E-state index contributed by atoms with van der Waals surface area (Å²) in [5.74, 6) is -2.51. The number of aliphatic carboxylic acids is 1. The fourth-order valence-corrected chi connectivity index (χ4v) is 2.37. The number of amides is 3. The maximum atomic E-state index is 11.8. The van der Waals surface area contributed by atoms with Crippen LogP contribution in [0.2, 0.25) is 0 Å². The molecule has 0 aromatic heterocycles. The van der Waals surface area contributed by atoms with Crippen molar-refractivity contribution in [3.05, 3.63) is 29.8 Å². The van der Waals surface area contributed by atoms with Gasteiger partial charge in [0.25, 0.3) is 0 Å². The summed E-state index contributed by atoms with van der Waals surface area (Å²) in [7, 11) is 0. The summed E-state index contributed by atoms with van der Waals surface area (Å²) in [6.07, 6.45) is -1.56. The number of carboxylic acids is 1. The minimum Gasteiger partial charge on any atom is -0.481 e. The zero-order chi connectivity index (χ0) is 15.7. The summed E-state index contributed by atoms with van der Waals surface area (Å²) in [6, 6.07) is 3.91. The monoisotopic (exact) mass is 291 g/mol. The molecule has 110 valence electrons. The molecular formula is C13H13N3O5. The highest BCUT2D eigenvalue weighted by molar-refractivity contribution is 6.10. The van der Waals surface area contributed by atoms with Crippen LogP contribution in [0, 0.1) is 5.92 Å². The highest BCUT2D eigenvalue weighted by atomic mass is 16.4. The largest absolute Gasteiger partial charge is 0.481 e. The molecule has 1 heterocycles. The third kappa shape index (κ3) is 2.55. The first kappa shape index (κ1) is 14.5. The van der Waals surface area contributed by atoms with E-state index in [4.69, 9.17) is 5.73 Å². The number of anilines is 1. The predicted octanol–water partition coefficient (Wildman–Crippen LogP) is 1.59. The van der Waals surface area contributed by atoms with E-state index in [0.29, 0.717) is 16.2 Å². The van der Waals surface area contributed by atoms with Crippen molar-refractivity contribution >= 4 is 29.5 Å². The van der Waals surface area contributed by atoms with E-state index in [-0.39, 0.29) is 5.71 Å². The van der Waals surface area contributed by atoms with Gasteiger partial charge in [-0.3, -0.25) is 4.79 Å². The summed E-state index contributed by atoms with van der Waals surface area (Å²) in [4.78, 5) is 38.5. The van der Waals surface area contributed by atoms with Crippen molar-refractivity contribution in [2.45, 2.75) is 13.0 Å². The number of nitrogens with zero attached hydrogens (tertiary/aromatic N) is 2. The number of hydrogen-bond acceptors (Lipinski definition) is 4. The van der Waals surface area contributed by atoms with E-state index in [1.807, 2.05) is 0 Å². The second-order valence-corrected chi connectivity index (χ2v) is 4.62. The zero-order valence-corrected chi connectivity index (χ0v) is 11.1. The lowest BCUT2D eigenvalue weighted by atomic mass is 9.87. The molecule has 4 N–H and O–H groups in total. The molecule has 0 radical (unpaired) electrons. The molecule has 21 heavy (non-hydrogen) atoms. The molecule has 2 rings (SSSR count). The van der Waals surface area contributed by atoms with Crippen LogP contribution in [0.1, 0.15) is 18.5 Å². The molecule has 2 atom stereocenters. The van der Waals surface area contributed by atoms with E-state index in [0.717, 1.165) is 0 Å². The van der Waals surface area contributed by atoms with E-state index >= 15 is 0 Å². The summed E-state index contributed by atoms with van der Waals surface area (Å²) < 4.78 is 0. The summed E-state index contributed by atoms with van der Waals surface area (Å²) >= 11 is 0. The van der Waals surface area contributed by atoms with E-state index in [9.17, 15) is 24.6 Å². The molecule has 0 aliphatic carbocycles. The van der Waals surface area contributed by atoms with Crippen molar-refractivity contribution in [2.75, 3.05) is 5.73 Å². The second-order valence-electron chi connectivity index (χ2n) is 4.62. The average Bonchev–Trinajstić information content (AvgIpc) is 2.36. The SMILES string of the molecule is CC1=NC(=O)N(C(=O)O)C(c2cccc(N)c2)C1C(=O)O. The Balaban J connectivity index is 2.63. The van der Waals surface area contributed by atoms with Gasteiger partial charge in [0.05, 0.1) is 6.04 Å². The summed E-state index contributed by atoms with van der Waals surface area (Å²) in [6.45, 7) is 1.38. The standard InChI is InChI=1S/C13H13N3O5/c1-6-9(11(17)18)10(7-3-2-4-8(14)5-7)16(13(20)21)12(19)15-6/h2-5,9-10H,14H2,1H3,(H,17,18)(H,20,21). The van der Waals surface area contributed by atoms with Gasteiger partial charge in [-0.25, -0.2) is 19.5 Å². The van der Waals surface area contributed by atoms with E-state index in [2.05, 4.69) is 4.99 Å². The van der Waals surface area contributed by atoms with Gasteiger partial charge in [0.15, 0.2) is 0 Å². The molecule has 8 heteroatoms. The number of carbonyl (C=O) groups is 3. The molecular weight excluding hydrogens is 278 g/mol. The third-order valence-electron chi connectivity index (χ3n) is 3.25. The van der Waals surface area contributed by atoms with Gasteiger partial charge in [-0.2, -0.15) is 0 Å². The van der Waals surface area contributed by atoms with Gasteiger partial charge < -0.3 is 15.9 Å². The smallest absolute Gasteiger partial charge is 0.416 e. The Morgan fingerprint density at radius 3 is 2.52 bits per heavy atom. The van der Waals surface area contributed by atoms with Gasteiger partial charge in [-0.05, 0) is 24.6 Å². The van der Waals surface area contributed by atoms with Gasteiger partial charge in [-0.15, -0.1) is 0 Å². The van der Waals surface area contributed by atoms with Crippen LogP contribution in [-0.4, -0.2) is 38.9 Å². The lowest BCUT2D eigenvalue weighted by Crippen LogP contribution is -2.48. The summed E-state index contributed by atoms with van der Waals surface area (Å²) in [5.41, 5.74) is 6.37. The highest BCUT2D eigenvalue weighted by Gasteiger charge is 2.45. The molecule has 0 bridgehead atoms. The lowest BCUT2D eigenvalue weighted by Gasteiger charge is -2.34. The Bertz CT molecular complexity index is 655. The second kappa shape index (κ2) is 5.23. The number of nitrogen functional groups attached to an aromatic ring is 1. The van der Waals surface area contributed by atoms with Gasteiger partial charge in [0, 0.05) is 11.4 Å². The molecule has 2 unspecified atom stereocenters. The minimum absolute atomic E-state index is 0.0532. The maximum absolute atomic E-state index is 11.8. The van der Waals surface area contributed by atoms with Crippen LogP contribution >= 0.6 is 0 Å². The molecule has 1 aliphatic rings. The Labute approximate surface area is 119 Å². The van der Waals surface area contributed by atoms with Crippen molar-refractivity contribution in [1.29, 1.82) is 0 Å². The van der Waals surface area contributed by atoms with Crippen molar-refractivity contribution in [3.8, 4) is 0 Å². The topological polar surface area (TPSA) is 133 Å². The number of urea groups is 1. The fourth-order valence-electron chi connectivity index (χ4n) is 2.37. The van der Waals surface area contributed by atoms with Crippen molar-refractivity contribution in [3.63, 3.8) is 0 Å². The molecule has 1 aliphatic heterocycles. The normalized spacial score (nSPS) is 21.9. The Morgan fingerprint density at radius 1 is 1.33 bits per heavy atom. The molecule has 1 aromatic rings. The maximum Gasteiger partial charge on any atom is 0.416 e. The first-order chi connectivity index (χ1) is 9.82. The van der Waals surface area contributed by atoms with Crippen LogP contribution < -0.4 is 5.73 Å². The number of hydrogen-bond donors (Lipinski definition) is 3. The van der Waals surface area contributed by atoms with Crippen LogP contribution in [-0.2, 0) is 4.79 Å². The van der Waals surface area contributed by atoms with Crippen LogP contribution in [0.15, 0.2) is 29.3 Å². The minimum atomic E-state index is -1.56. The number of aliphatic imine (C=N–C) groups is 1. The number of benzene rings is 1. The van der Waals surface area contributed by atoms with E-state index in [1.54, 1.807) is 12.1 Å². The number of carbonyl (C=O) groups excluding carboxylic acids is 1. The molecule has 3 amide bonds. The third-order valence-corrected chi connectivity index (χ3v) is 3.25. The fraction of sp³-hybridized carbons (Fsp3) is 0.231. The predicted molar refractivity (Wildman–Crippen MR) is 73.1 cm³/mol. The quantitative estimate of drug-likeness (QED) is 0.708. The van der Waals surface area contributed by atoms with E-state index < -0.39 is 30.1 Å². The number of carboxylic acid groups (broad SMARTS) is 2. The van der Waals surface area contributed by atoms with Crippen molar-refractivity contribution in [2.24, 2.45) is 10.9 Å². The van der Waals surface area contributed by atoms with E-state index in [1.165, 1.54) is 19.1 Å². The summed E-state index contributed by atoms with van der Waals surface area (Å²) in [5, 5.41) is 18.6. The zero-order valence-electron chi connectivity index (χ0n) is 11.1. The Kier molecular flexibility index (Phi) is 3.62. The molecule has 0 spiro atoms. The first-order valence-corrected chi connectivity index (χ1v) is 6.02. The average molecular weight is 291 g/mol. The van der Waals surface area contributed by atoms with Gasteiger partial charge >= 0.3 is 18.1 Å². The number of rotatable bonds is 2. The molecule has 1 aromatic carbocycles. The first-order valence-electron chi connectivity index (χ1n) is 6.02. The molecule has 8 nitrogen and oxygen atoms in total. The Hall–Kier alpha value is -2.90. The van der Waals surface area contributed by atoms with Crippen LogP contribution in [0.25, 0.3) is 0 Å². The molecule has 0 saturated carbocycles. The highest BCUT2D eigenvalue weighted by Crippen LogP contribution is 2.35. The van der Waals surface area contributed by atoms with Crippen LogP contribution in [0.3, 0.4) is 0 Å². The number of nitrogens with two attached hydrogens (primary N) is 1. The molecule has 0 fully saturated rings. The van der Waals surface area contributed by atoms with Gasteiger partial charge in [-0.1, -0.05) is 12.1 Å². The lowest BCUT2D eigenvalue weighted by molar-refractivity contribution is -0.141. The number of imide groups is 1. The van der Waals surface area contributed by atoms with Gasteiger partial charge in [0.1, 0.15) is 5.92 Å². The van der Waals surface area contributed by atoms with Crippen LogP contribution in [0.5, 0.6) is 0 Å². The van der Waals surface area contributed by atoms with Gasteiger partial charge in [0.2, 0.25) is 0 Å². The molecule has 0 saturated heterocycles. The van der Waals surface area contributed by atoms with Crippen LogP contribution in [0.4, 0.5) is 15.3 Å². The van der Waals surface area contributed by atoms with Crippen molar-refractivity contribution < 1.29 is 24.6 Å².